The molecule has 4 heteroatoms. The molecule has 1 rings (SSSR count). The minimum atomic E-state index is -3.23. The molecule has 1 aromatic carbocycles. The Hall–Kier alpha value is -0.890. The fraction of sp³-hybridized carbons (Fsp3) is 0.273. The van der Waals surface area contributed by atoms with Crippen LogP contribution in [0.15, 0.2) is 43.0 Å². The van der Waals surface area contributed by atoms with Crippen molar-refractivity contribution in [2.75, 3.05) is 6.61 Å². The molecule has 0 saturated carbocycles. The highest BCUT2D eigenvalue weighted by Gasteiger charge is 2.32. The van der Waals surface area contributed by atoms with Gasteiger partial charge in [0.05, 0.1) is 6.61 Å². The summed E-state index contributed by atoms with van der Waals surface area (Å²) in [4.78, 5) is 0. The summed E-state index contributed by atoms with van der Waals surface area (Å²) in [6, 6.07) is 8.71. The van der Waals surface area contributed by atoms with Crippen molar-refractivity contribution in [1.82, 2.24) is 0 Å². The first kappa shape index (κ1) is 12.2. The van der Waals surface area contributed by atoms with Crippen molar-refractivity contribution in [3.63, 3.8) is 0 Å². The monoisotopic (exact) mass is 226 g/mol. The first-order valence-corrected chi connectivity index (χ1v) is 6.45. The molecule has 82 valence electrons. The predicted molar refractivity (Wildman–Crippen MR) is 61.5 cm³/mol. The van der Waals surface area contributed by atoms with Gasteiger partial charge in [0.25, 0.3) is 7.37 Å². The van der Waals surface area contributed by atoms with Crippen LogP contribution in [-0.4, -0.2) is 17.6 Å². The summed E-state index contributed by atoms with van der Waals surface area (Å²) in [6.45, 7) is 5.46. The summed E-state index contributed by atoms with van der Waals surface area (Å²) in [5, 5.41) is 10.2. The van der Waals surface area contributed by atoms with Crippen LogP contribution >= 0.6 is 7.37 Å². The molecule has 0 aliphatic carbocycles. The van der Waals surface area contributed by atoms with Gasteiger partial charge in [-0.25, -0.2) is 0 Å². The lowest BCUT2D eigenvalue weighted by Gasteiger charge is -2.21. The van der Waals surface area contributed by atoms with Crippen molar-refractivity contribution in [1.29, 1.82) is 0 Å². The van der Waals surface area contributed by atoms with Crippen molar-refractivity contribution >= 4 is 12.7 Å². The molecule has 0 heterocycles. The Morgan fingerprint density at radius 2 is 2.13 bits per heavy atom. The average molecular weight is 226 g/mol. The third kappa shape index (κ3) is 2.57. The standard InChI is InChI=1S/C11H15O3P/c1-3-11(12)15(13,14-4-2)10-8-6-5-7-9-10/h3,5-9,11-12H,1,4H2,2H3. The quantitative estimate of drug-likeness (QED) is 0.618. The van der Waals surface area contributed by atoms with Gasteiger partial charge < -0.3 is 9.63 Å². The van der Waals surface area contributed by atoms with E-state index in [4.69, 9.17) is 4.52 Å². The molecule has 2 unspecified atom stereocenters. The highest BCUT2D eigenvalue weighted by Crippen LogP contribution is 2.49. The second kappa shape index (κ2) is 5.26. The molecule has 2 atom stereocenters. The molecule has 3 nitrogen and oxygen atoms in total. The summed E-state index contributed by atoms with van der Waals surface area (Å²) >= 11 is 0. The number of rotatable bonds is 5. The Morgan fingerprint density at radius 3 is 2.60 bits per heavy atom. The third-order valence-electron chi connectivity index (χ3n) is 2.00. The lowest BCUT2D eigenvalue weighted by molar-refractivity contribution is 0.249. The highest BCUT2D eigenvalue weighted by atomic mass is 31.2. The molecule has 0 aliphatic rings. The Kier molecular flexibility index (Phi) is 4.28. The zero-order valence-electron chi connectivity index (χ0n) is 8.67. The van der Waals surface area contributed by atoms with E-state index >= 15 is 0 Å². The summed E-state index contributed by atoms with van der Waals surface area (Å²) in [6.07, 6.45) is 1.24. The fourth-order valence-corrected chi connectivity index (χ4v) is 3.13. The maximum absolute atomic E-state index is 12.4. The summed E-state index contributed by atoms with van der Waals surface area (Å²) < 4.78 is 17.6. The van der Waals surface area contributed by atoms with Crippen LogP contribution < -0.4 is 5.30 Å². The molecule has 0 spiro atoms. The second-order valence-electron chi connectivity index (χ2n) is 3.00. The van der Waals surface area contributed by atoms with Crippen molar-refractivity contribution in [3.05, 3.63) is 43.0 Å². The molecular weight excluding hydrogens is 211 g/mol. The van der Waals surface area contributed by atoms with Gasteiger partial charge >= 0.3 is 0 Å². The largest absolute Gasteiger partial charge is 0.378 e. The van der Waals surface area contributed by atoms with Gasteiger partial charge in [0.2, 0.25) is 0 Å². The van der Waals surface area contributed by atoms with Crippen LogP contribution in [0.25, 0.3) is 0 Å². The third-order valence-corrected chi connectivity index (χ3v) is 4.56. The molecule has 0 aliphatic heterocycles. The van der Waals surface area contributed by atoms with Crippen LogP contribution in [-0.2, 0) is 9.09 Å². The second-order valence-corrected chi connectivity index (χ2v) is 5.50. The van der Waals surface area contributed by atoms with E-state index in [-0.39, 0.29) is 6.61 Å². The van der Waals surface area contributed by atoms with E-state index in [1.807, 2.05) is 6.07 Å². The smallest absolute Gasteiger partial charge is 0.263 e. The van der Waals surface area contributed by atoms with E-state index in [1.54, 1.807) is 31.2 Å². The van der Waals surface area contributed by atoms with E-state index in [9.17, 15) is 9.67 Å². The number of aliphatic hydroxyl groups excluding tert-OH is 1. The van der Waals surface area contributed by atoms with Crippen LogP contribution in [0.3, 0.4) is 0 Å². The van der Waals surface area contributed by atoms with Gasteiger partial charge in [0.1, 0.15) is 0 Å². The van der Waals surface area contributed by atoms with E-state index in [2.05, 4.69) is 6.58 Å². The minimum absolute atomic E-state index is 0.289. The Balaban J connectivity index is 3.12. The van der Waals surface area contributed by atoms with Crippen LogP contribution in [0.1, 0.15) is 6.92 Å². The number of aliphatic hydroxyl groups is 1. The van der Waals surface area contributed by atoms with Gasteiger partial charge in [-0.2, -0.15) is 0 Å². The number of hydrogen-bond acceptors (Lipinski definition) is 3. The molecule has 1 aromatic rings. The zero-order chi connectivity index (χ0) is 11.3. The lowest BCUT2D eigenvalue weighted by Crippen LogP contribution is -2.17. The maximum atomic E-state index is 12.4. The summed E-state index contributed by atoms with van der Waals surface area (Å²) in [5.74, 6) is -1.15. The van der Waals surface area contributed by atoms with E-state index in [0.29, 0.717) is 5.30 Å². The van der Waals surface area contributed by atoms with Gasteiger partial charge in [-0.15, -0.1) is 0 Å². The van der Waals surface area contributed by atoms with Crippen LogP contribution in [0, 0.1) is 0 Å². The van der Waals surface area contributed by atoms with Crippen molar-refractivity contribution < 1.29 is 14.2 Å². The molecule has 0 bridgehead atoms. The van der Waals surface area contributed by atoms with Gasteiger partial charge in [-0.3, -0.25) is 4.57 Å². The molecule has 1 N–H and O–H groups in total. The Bertz CT molecular complexity index is 361. The highest BCUT2D eigenvalue weighted by molar-refractivity contribution is 7.67. The molecule has 15 heavy (non-hydrogen) atoms. The first-order chi connectivity index (χ1) is 7.15. The SMILES string of the molecule is C=CC(O)P(=O)(OCC)c1ccccc1. The molecule has 0 amide bonds. The topological polar surface area (TPSA) is 46.5 Å². The van der Waals surface area contributed by atoms with Crippen LogP contribution in [0.2, 0.25) is 0 Å². The zero-order valence-corrected chi connectivity index (χ0v) is 9.56. The molecular formula is C11H15O3P. The van der Waals surface area contributed by atoms with Gasteiger partial charge in [0, 0.05) is 5.30 Å². The van der Waals surface area contributed by atoms with Crippen LogP contribution in [0.5, 0.6) is 0 Å². The molecule has 0 saturated heterocycles. The first-order valence-electron chi connectivity index (χ1n) is 4.75. The predicted octanol–water partition coefficient (Wildman–Crippen LogP) is 2.13. The van der Waals surface area contributed by atoms with Crippen molar-refractivity contribution in [2.24, 2.45) is 0 Å². The van der Waals surface area contributed by atoms with Gasteiger partial charge in [0.15, 0.2) is 5.85 Å². The Morgan fingerprint density at radius 1 is 1.53 bits per heavy atom. The Labute approximate surface area is 89.9 Å². The minimum Gasteiger partial charge on any atom is -0.378 e. The average Bonchev–Trinajstić information content (AvgIpc) is 2.29. The van der Waals surface area contributed by atoms with E-state index in [1.165, 1.54) is 6.08 Å². The lowest BCUT2D eigenvalue weighted by atomic mass is 10.4. The molecule has 0 aromatic heterocycles. The van der Waals surface area contributed by atoms with Crippen LogP contribution in [0.4, 0.5) is 0 Å². The number of benzene rings is 1. The maximum Gasteiger partial charge on any atom is 0.263 e. The van der Waals surface area contributed by atoms with Gasteiger partial charge in [-0.05, 0) is 19.1 Å². The fourth-order valence-electron chi connectivity index (χ4n) is 1.27. The number of hydrogen-bond donors (Lipinski definition) is 1. The normalized spacial score (nSPS) is 16.7. The van der Waals surface area contributed by atoms with Gasteiger partial charge in [-0.1, -0.05) is 30.9 Å². The molecule has 0 fully saturated rings. The van der Waals surface area contributed by atoms with E-state index < -0.39 is 13.2 Å². The van der Waals surface area contributed by atoms with E-state index in [0.717, 1.165) is 0 Å². The molecule has 0 radical (unpaired) electrons. The summed E-state index contributed by atoms with van der Waals surface area (Å²) in [7, 11) is -3.23. The summed E-state index contributed by atoms with van der Waals surface area (Å²) in [5.41, 5.74) is 0. The van der Waals surface area contributed by atoms with Crippen molar-refractivity contribution in [3.8, 4) is 0 Å². The van der Waals surface area contributed by atoms with Crippen molar-refractivity contribution in [2.45, 2.75) is 12.8 Å².